The van der Waals surface area contributed by atoms with Gasteiger partial charge in [-0.15, -0.1) is 0 Å². The van der Waals surface area contributed by atoms with E-state index in [0.717, 1.165) is 44.5 Å². The largest absolute Gasteiger partial charge is 0.341 e. The van der Waals surface area contributed by atoms with E-state index in [1.54, 1.807) is 0 Å². The van der Waals surface area contributed by atoms with Gasteiger partial charge in [-0.25, -0.2) is 5.84 Å². The first-order valence-electron chi connectivity index (χ1n) is 7.94. The Morgan fingerprint density at radius 2 is 1.67 bits per heavy atom. The molecule has 1 saturated carbocycles. The molecule has 21 heavy (non-hydrogen) atoms. The van der Waals surface area contributed by atoms with Crippen molar-refractivity contribution in [3.05, 3.63) is 0 Å². The van der Waals surface area contributed by atoms with E-state index in [1.165, 1.54) is 12.8 Å². The molecule has 1 aromatic rings. The first-order valence-corrected chi connectivity index (χ1v) is 7.94. The lowest BCUT2D eigenvalue weighted by molar-refractivity contribution is 0.682. The van der Waals surface area contributed by atoms with Gasteiger partial charge in [0, 0.05) is 26.2 Å². The zero-order chi connectivity index (χ0) is 15.2. The number of nitrogens with zero attached hydrogens (tertiary/aromatic N) is 5. The third-order valence-electron chi connectivity index (χ3n) is 3.74. The van der Waals surface area contributed by atoms with E-state index in [0.29, 0.717) is 11.9 Å². The minimum atomic E-state index is 0.429. The summed E-state index contributed by atoms with van der Waals surface area (Å²) in [6.07, 6.45) is 3.71. The summed E-state index contributed by atoms with van der Waals surface area (Å²) in [5.74, 6) is 8.16. The van der Waals surface area contributed by atoms with Crippen molar-refractivity contribution in [3.63, 3.8) is 0 Å². The van der Waals surface area contributed by atoms with Crippen molar-refractivity contribution in [3.8, 4) is 0 Å². The van der Waals surface area contributed by atoms with Crippen LogP contribution in [0.4, 0.5) is 17.8 Å². The highest BCUT2D eigenvalue weighted by Gasteiger charge is 2.26. The smallest absolute Gasteiger partial charge is 0.243 e. The van der Waals surface area contributed by atoms with Crippen molar-refractivity contribution in [2.24, 2.45) is 11.8 Å². The molecule has 0 unspecified atom stereocenters. The van der Waals surface area contributed by atoms with Crippen LogP contribution in [-0.4, -0.2) is 41.1 Å². The topological polar surface area (TPSA) is 83.2 Å². The van der Waals surface area contributed by atoms with Crippen molar-refractivity contribution in [2.45, 2.75) is 40.0 Å². The number of nitrogens with one attached hydrogen (secondary N) is 1. The standard InChI is InChI=1S/C14H27N7/c1-4-9-21(10-11-7-8-11)14-17-12(19-15)16-13(18-14)20(5-2)6-3/h11H,4-10,15H2,1-3H3,(H,16,17,18,19). The van der Waals surface area contributed by atoms with Gasteiger partial charge in [-0.1, -0.05) is 6.92 Å². The minimum absolute atomic E-state index is 0.429. The molecule has 0 bridgehead atoms. The molecule has 7 heteroatoms. The number of hydrogen-bond acceptors (Lipinski definition) is 7. The normalized spacial score (nSPS) is 14.1. The van der Waals surface area contributed by atoms with Crippen LogP contribution >= 0.6 is 0 Å². The molecule has 2 rings (SSSR count). The van der Waals surface area contributed by atoms with Gasteiger partial charge in [0.15, 0.2) is 0 Å². The van der Waals surface area contributed by atoms with E-state index in [-0.39, 0.29) is 0 Å². The Labute approximate surface area is 126 Å². The van der Waals surface area contributed by atoms with E-state index in [4.69, 9.17) is 5.84 Å². The van der Waals surface area contributed by atoms with Crippen LogP contribution in [0, 0.1) is 5.92 Å². The summed E-state index contributed by atoms with van der Waals surface area (Å²) in [7, 11) is 0. The molecule has 0 saturated heterocycles. The van der Waals surface area contributed by atoms with Gasteiger partial charge in [0.2, 0.25) is 17.8 Å². The Hall–Kier alpha value is -1.63. The van der Waals surface area contributed by atoms with Gasteiger partial charge in [0.1, 0.15) is 0 Å². The lowest BCUT2D eigenvalue weighted by atomic mass is 10.3. The van der Waals surface area contributed by atoms with E-state index in [1.807, 2.05) is 0 Å². The molecule has 0 amide bonds. The van der Waals surface area contributed by atoms with E-state index < -0.39 is 0 Å². The third-order valence-corrected chi connectivity index (χ3v) is 3.74. The predicted octanol–water partition coefficient (Wildman–Crippen LogP) is 1.63. The molecule has 1 aliphatic rings. The van der Waals surface area contributed by atoms with Gasteiger partial charge in [0.05, 0.1) is 0 Å². The molecule has 0 aromatic carbocycles. The summed E-state index contributed by atoms with van der Waals surface area (Å²) in [4.78, 5) is 17.8. The molecule has 0 aliphatic heterocycles. The molecule has 1 heterocycles. The molecule has 3 N–H and O–H groups in total. The van der Waals surface area contributed by atoms with Crippen LogP contribution in [0.1, 0.15) is 40.0 Å². The van der Waals surface area contributed by atoms with Crippen LogP contribution in [0.15, 0.2) is 0 Å². The van der Waals surface area contributed by atoms with E-state index in [2.05, 4.69) is 50.9 Å². The van der Waals surface area contributed by atoms with E-state index in [9.17, 15) is 0 Å². The van der Waals surface area contributed by atoms with Crippen LogP contribution in [0.5, 0.6) is 0 Å². The van der Waals surface area contributed by atoms with Crippen molar-refractivity contribution in [1.82, 2.24) is 15.0 Å². The summed E-state index contributed by atoms with van der Waals surface area (Å²) < 4.78 is 0. The monoisotopic (exact) mass is 293 g/mol. The minimum Gasteiger partial charge on any atom is -0.341 e. The molecule has 7 nitrogen and oxygen atoms in total. The first kappa shape index (κ1) is 15.8. The van der Waals surface area contributed by atoms with Crippen LogP contribution in [0.3, 0.4) is 0 Å². The summed E-state index contributed by atoms with van der Waals surface area (Å²) >= 11 is 0. The highest BCUT2D eigenvalue weighted by atomic mass is 15.4. The second-order valence-corrected chi connectivity index (χ2v) is 5.47. The highest BCUT2D eigenvalue weighted by Crippen LogP contribution is 2.31. The summed E-state index contributed by atoms with van der Waals surface area (Å²) in [5, 5.41) is 0. The first-order chi connectivity index (χ1) is 10.2. The fourth-order valence-corrected chi connectivity index (χ4v) is 2.36. The van der Waals surface area contributed by atoms with Crippen molar-refractivity contribution < 1.29 is 0 Å². The fourth-order valence-electron chi connectivity index (χ4n) is 2.36. The number of hydrazine groups is 1. The lowest BCUT2D eigenvalue weighted by Gasteiger charge is -2.25. The zero-order valence-electron chi connectivity index (χ0n) is 13.3. The maximum absolute atomic E-state index is 5.52. The molecular weight excluding hydrogens is 266 g/mol. The molecule has 118 valence electrons. The Balaban J connectivity index is 2.28. The van der Waals surface area contributed by atoms with Gasteiger partial charge in [0.25, 0.3) is 0 Å². The number of rotatable bonds is 9. The molecule has 1 aliphatic carbocycles. The van der Waals surface area contributed by atoms with Crippen molar-refractivity contribution >= 4 is 17.8 Å². The SMILES string of the molecule is CCCN(CC1CC1)c1nc(NN)nc(N(CC)CC)n1. The predicted molar refractivity (Wildman–Crippen MR) is 86.4 cm³/mol. The molecular formula is C14H27N7. The second kappa shape index (κ2) is 7.40. The van der Waals surface area contributed by atoms with Gasteiger partial charge in [-0.3, -0.25) is 5.43 Å². The summed E-state index contributed by atoms with van der Waals surface area (Å²) in [5.41, 5.74) is 2.56. The fraction of sp³-hybridized carbons (Fsp3) is 0.786. The summed E-state index contributed by atoms with van der Waals surface area (Å²) in [6.45, 7) is 10.1. The maximum atomic E-state index is 5.52. The maximum Gasteiger partial charge on any atom is 0.243 e. The number of anilines is 3. The van der Waals surface area contributed by atoms with Gasteiger partial charge in [-0.05, 0) is 39.0 Å². The molecule has 0 spiro atoms. The van der Waals surface area contributed by atoms with Crippen LogP contribution in [0.2, 0.25) is 0 Å². The van der Waals surface area contributed by atoms with Crippen molar-refractivity contribution in [2.75, 3.05) is 41.4 Å². The quantitative estimate of drug-likeness (QED) is 0.529. The Bertz CT molecular complexity index is 443. The zero-order valence-corrected chi connectivity index (χ0v) is 13.3. The number of nitrogen functional groups attached to an aromatic ring is 1. The number of hydrogen-bond donors (Lipinski definition) is 2. The summed E-state index contributed by atoms with van der Waals surface area (Å²) in [6, 6.07) is 0. The van der Waals surface area contributed by atoms with Gasteiger partial charge in [-0.2, -0.15) is 15.0 Å². The van der Waals surface area contributed by atoms with Gasteiger partial charge < -0.3 is 9.80 Å². The van der Waals surface area contributed by atoms with E-state index >= 15 is 0 Å². The molecule has 1 fully saturated rings. The Kier molecular flexibility index (Phi) is 5.55. The lowest BCUT2D eigenvalue weighted by Crippen LogP contribution is -2.31. The average Bonchev–Trinajstić information content (AvgIpc) is 3.32. The molecule has 1 aromatic heterocycles. The highest BCUT2D eigenvalue weighted by molar-refractivity contribution is 5.44. The Morgan fingerprint density at radius 1 is 1.05 bits per heavy atom. The van der Waals surface area contributed by atoms with Gasteiger partial charge >= 0.3 is 0 Å². The number of nitrogens with two attached hydrogens (primary N) is 1. The second-order valence-electron chi connectivity index (χ2n) is 5.47. The Morgan fingerprint density at radius 3 is 2.14 bits per heavy atom. The molecule has 0 atom stereocenters. The van der Waals surface area contributed by atoms with Crippen LogP contribution in [-0.2, 0) is 0 Å². The van der Waals surface area contributed by atoms with Crippen LogP contribution in [0.25, 0.3) is 0 Å². The van der Waals surface area contributed by atoms with Crippen molar-refractivity contribution in [1.29, 1.82) is 0 Å². The number of aromatic nitrogens is 3. The van der Waals surface area contributed by atoms with Crippen LogP contribution < -0.4 is 21.1 Å². The third kappa shape index (κ3) is 4.17. The molecule has 0 radical (unpaired) electrons. The average molecular weight is 293 g/mol.